The van der Waals surface area contributed by atoms with Crippen LogP contribution in [0, 0.1) is 17.3 Å². The van der Waals surface area contributed by atoms with Gasteiger partial charge < -0.3 is 14.2 Å². The summed E-state index contributed by atoms with van der Waals surface area (Å²) in [5, 5.41) is 0. The van der Waals surface area contributed by atoms with E-state index in [0.29, 0.717) is 17.3 Å². The van der Waals surface area contributed by atoms with Crippen molar-refractivity contribution >= 4 is 0 Å². The molecule has 0 aromatic rings. The van der Waals surface area contributed by atoms with Gasteiger partial charge in [-0.15, -0.1) is 0 Å². The minimum Gasteiger partial charge on any atom is -0.381 e. The Morgan fingerprint density at radius 3 is 2.20 bits per heavy atom. The molecular formula is C12H24O3. The van der Waals surface area contributed by atoms with Gasteiger partial charge in [0.05, 0.1) is 6.61 Å². The molecular weight excluding hydrogens is 192 g/mol. The molecule has 0 spiro atoms. The van der Waals surface area contributed by atoms with Crippen molar-refractivity contribution < 1.29 is 14.2 Å². The molecule has 0 N–H and O–H groups in total. The molecule has 1 saturated carbocycles. The molecule has 1 rings (SSSR count). The average Bonchev–Trinajstić information content (AvgIpc) is 2.73. The maximum absolute atomic E-state index is 5.49. The Balaban J connectivity index is 2.36. The maximum atomic E-state index is 5.49. The Kier molecular flexibility index (Phi) is 4.56. The first-order valence-electron chi connectivity index (χ1n) is 5.71. The lowest BCUT2D eigenvalue weighted by atomic mass is 10.1. The van der Waals surface area contributed by atoms with E-state index in [2.05, 4.69) is 13.8 Å². The smallest absolute Gasteiger partial charge is 0.157 e. The van der Waals surface area contributed by atoms with Crippen LogP contribution in [0.5, 0.6) is 0 Å². The monoisotopic (exact) mass is 216 g/mol. The fraction of sp³-hybridized carbons (Fsp3) is 1.00. The van der Waals surface area contributed by atoms with E-state index < -0.39 is 0 Å². The van der Waals surface area contributed by atoms with Crippen molar-refractivity contribution in [1.29, 1.82) is 0 Å². The zero-order chi connectivity index (χ0) is 11.5. The van der Waals surface area contributed by atoms with Gasteiger partial charge in [0.2, 0.25) is 0 Å². The van der Waals surface area contributed by atoms with Crippen molar-refractivity contribution in [3.63, 3.8) is 0 Å². The van der Waals surface area contributed by atoms with Gasteiger partial charge >= 0.3 is 0 Å². The molecule has 1 fully saturated rings. The van der Waals surface area contributed by atoms with Gasteiger partial charge in [-0.25, -0.2) is 0 Å². The van der Waals surface area contributed by atoms with Crippen molar-refractivity contribution in [2.24, 2.45) is 17.3 Å². The number of hydrogen-bond donors (Lipinski definition) is 0. The zero-order valence-corrected chi connectivity index (χ0v) is 10.6. The van der Waals surface area contributed by atoms with Gasteiger partial charge in [0.1, 0.15) is 0 Å². The quantitative estimate of drug-likeness (QED) is 0.611. The van der Waals surface area contributed by atoms with Gasteiger partial charge in [0.25, 0.3) is 0 Å². The molecule has 0 aliphatic heterocycles. The van der Waals surface area contributed by atoms with E-state index in [-0.39, 0.29) is 6.29 Å². The summed E-state index contributed by atoms with van der Waals surface area (Å²) in [6.07, 6.45) is 0.901. The molecule has 0 aromatic carbocycles. The van der Waals surface area contributed by atoms with Crippen LogP contribution in [0.25, 0.3) is 0 Å². The minimum atomic E-state index is -0.0686. The largest absolute Gasteiger partial charge is 0.381 e. The first-order chi connectivity index (χ1) is 7.07. The Morgan fingerprint density at radius 2 is 1.73 bits per heavy atom. The van der Waals surface area contributed by atoms with Crippen LogP contribution in [-0.2, 0) is 14.2 Å². The van der Waals surface area contributed by atoms with Crippen molar-refractivity contribution in [3.8, 4) is 0 Å². The SMILES string of the molecule is CCOCC1[C@@H](CC(OC)OC)C1(C)C. The molecule has 3 nitrogen and oxygen atoms in total. The Hall–Kier alpha value is -0.120. The number of ether oxygens (including phenoxy) is 3. The van der Waals surface area contributed by atoms with Gasteiger partial charge in [-0.05, 0) is 24.2 Å². The molecule has 3 heteroatoms. The summed E-state index contributed by atoms with van der Waals surface area (Å²) in [6, 6.07) is 0. The summed E-state index contributed by atoms with van der Waals surface area (Å²) >= 11 is 0. The number of methoxy groups -OCH3 is 2. The first-order valence-corrected chi connectivity index (χ1v) is 5.71. The highest BCUT2D eigenvalue weighted by atomic mass is 16.7. The van der Waals surface area contributed by atoms with Gasteiger partial charge in [0, 0.05) is 27.2 Å². The summed E-state index contributed by atoms with van der Waals surface area (Å²) in [5.74, 6) is 1.32. The van der Waals surface area contributed by atoms with Crippen LogP contribution >= 0.6 is 0 Å². The second-order valence-corrected chi connectivity index (χ2v) is 4.83. The highest BCUT2D eigenvalue weighted by Crippen LogP contribution is 2.60. The second kappa shape index (κ2) is 5.28. The molecule has 0 aromatic heterocycles. The van der Waals surface area contributed by atoms with Crippen LogP contribution in [-0.4, -0.2) is 33.7 Å². The van der Waals surface area contributed by atoms with Crippen LogP contribution in [0.1, 0.15) is 27.2 Å². The molecule has 0 saturated heterocycles. The van der Waals surface area contributed by atoms with Crippen molar-refractivity contribution in [3.05, 3.63) is 0 Å². The molecule has 2 atom stereocenters. The van der Waals surface area contributed by atoms with Gasteiger partial charge in [-0.1, -0.05) is 13.8 Å². The summed E-state index contributed by atoms with van der Waals surface area (Å²) in [5.41, 5.74) is 0.379. The molecule has 0 bridgehead atoms. The fourth-order valence-corrected chi connectivity index (χ4v) is 2.40. The Morgan fingerprint density at radius 1 is 1.13 bits per heavy atom. The highest BCUT2D eigenvalue weighted by Gasteiger charge is 2.57. The summed E-state index contributed by atoms with van der Waals surface area (Å²) in [6.45, 7) is 8.30. The van der Waals surface area contributed by atoms with Crippen molar-refractivity contribution in [1.82, 2.24) is 0 Å². The van der Waals surface area contributed by atoms with Gasteiger partial charge in [0.15, 0.2) is 6.29 Å². The van der Waals surface area contributed by atoms with E-state index in [0.717, 1.165) is 19.6 Å². The molecule has 1 aliphatic rings. The average molecular weight is 216 g/mol. The Bertz CT molecular complexity index is 187. The molecule has 1 aliphatic carbocycles. The minimum absolute atomic E-state index is 0.0686. The highest BCUT2D eigenvalue weighted by molar-refractivity contribution is 5.04. The fourth-order valence-electron chi connectivity index (χ4n) is 2.40. The van der Waals surface area contributed by atoms with Crippen molar-refractivity contribution in [2.45, 2.75) is 33.5 Å². The zero-order valence-electron chi connectivity index (χ0n) is 10.6. The maximum Gasteiger partial charge on any atom is 0.157 e. The summed E-state index contributed by atoms with van der Waals surface area (Å²) in [4.78, 5) is 0. The van der Waals surface area contributed by atoms with Gasteiger partial charge in [-0.2, -0.15) is 0 Å². The lowest BCUT2D eigenvalue weighted by Crippen LogP contribution is -2.15. The predicted molar refractivity (Wildman–Crippen MR) is 59.7 cm³/mol. The third kappa shape index (κ3) is 2.92. The topological polar surface area (TPSA) is 27.7 Å². The van der Waals surface area contributed by atoms with Gasteiger partial charge in [-0.3, -0.25) is 0 Å². The van der Waals surface area contributed by atoms with Crippen molar-refractivity contribution in [2.75, 3.05) is 27.4 Å². The van der Waals surface area contributed by atoms with E-state index in [9.17, 15) is 0 Å². The lowest BCUT2D eigenvalue weighted by Gasteiger charge is -2.13. The summed E-state index contributed by atoms with van der Waals surface area (Å²) in [7, 11) is 3.39. The van der Waals surface area contributed by atoms with Crippen LogP contribution in [0.15, 0.2) is 0 Å². The summed E-state index contributed by atoms with van der Waals surface area (Å²) < 4.78 is 16.0. The van der Waals surface area contributed by atoms with E-state index in [1.54, 1.807) is 14.2 Å². The number of rotatable bonds is 7. The van der Waals surface area contributed by atoms with E-state index in [1.807, 2.05) is 6.92 Å². The molecule has 90 valence electrons. The number of hydrogen-bond acceptors (Lipinski definition) is 3. The van der Waals surface area contributed by atoms with Crippen LogP contribution in [0.2, 0.25) is 0 Å². The first kappa shape index (κ1) is 12.9. The molecule has 1 unspecified atom stereocenters. The van der Waals surface area contributed by atoms with Crippen LogP contribution in [0.4, 0.5) is 0 Å². The molecule has 15 heavy (non-hydrogen) atoms. The molecule has 0 heterocycles. The predicted octanol–water partition coefficient (Wildman–Crippen LogP) is 2.30. The Labute approximate surface area is 93.1 Å². The van der Waals surface area contributed by atoms with E-state index in [1.165, 1.54) is 0 Å². The lowest BCUT2D eigenvalue weighted by molar-refractivity contribution is -0.111. The van der Waals surface area contributed by atoms with Crippen LogP contribution in [0.3, 0.4) is 0 Å². The standard InChI is InChI=1S/C12H24O3/c1-6-15-8-10-9(12(10,2)3)7-11(13-4)14-5/h9-11H,6-8H2,1-5H3/t9-,10?/m1/s1. The normalized spacial score (nSPS) is 28.4. The van der Waals surface area contributed by atoms with E-state index in [4.69, 9.17) is 14.2 Å². The molecule has 0 amide bonds. The second-order valence-electron chi connectivity index (χ2n) is 4.83. The third-order valence-electron chi connectivity index (χ3n) is 3.76. The molecule has 0 radical (unpaired) electrons. The van der Waals surface area contributed by atoms with Crippen LogP contribution < -0.4 is 0 Å². The third-order valence-corrected chi connectivity index (χ3v) is 3.76. The van der Waals surface area contributed by atoms with E-state index >= 15 is 0 Å².